The lowest BCUT2D eigenvalue weighted by Gasteiger charge is -2.36. The largest absolute Gasteiger partial charge is 0.416 e. The summed E-state index contributed by atoms with van der Waals surface area (Å²) in [6, 6.07) is 5.21. The topological polar surface area (TPSA) is 21.3 Å². The van der Waals surface area contributed by atoms with Crippen LogP contribution in [0, 0.1) is 0 Å². The fourth-order valence-electron chi connectivity index (χ4n) is 2.22. The van der Waals surface area contributed by atoms with Crippen molar-refractivity contribution in [3.05, 3.63) is 35.4 Å². The summed E-state index contributed by atoms with van der Waals surface area (Å²) in [6.45, 7) is 1.82. The van der Waals surface area contributed by atoms with Gasteiger partial charge >= 0.3 is 6.18 Å². The predicted molar refractivity (Wildman–Crippen MR) is 71.8 cm³/mol. The molecule has 1 heterocycles. The highest BCUT2D eigenvalue weighted by atomic mass is 35.5. The summed E-state index contributed by atoms with van der Waals surface area (Å²) in [7, 11) is 0. The molecule has 0 bridgehead atoms. The molecule has 0 atom stereocenters. The van der Waals surface area contributed by atoms with E-state index in [2.05, 4.69) is 5.32 Å². The van der Waals surface area contributed by atoms with Crippen LogP contribution in [0.4, 0.5) is 13.2 Å². The molecule has 2 rings (SSSR count). The second-order valence-electron chi connectivity index (χ2n) is 5.07. The number of rotatable bonds is 4. The van der Waals surface area contributed by atoms with Gasteiger partial charge in [-0.05, 0) is 30.5 Å². The lowest BCUT2D eigenvalue weighted by molar-refractivity contribution is -0.137. The molecule has 1 N–H and O–H groups in total. The van der Waals surface area contributed by atoms with Crippen LogP contribution in [0.1, 0.15) is 24.0 Å². The van der Waals surface area contributed by atoms with Gasteiger partial charge < -0.3 is 10.1 Å². The number of alkyl halides is 4. The average molecular weight is 308 g/mol. The zero-order valence-corrected chi connectivity index (χ0v) is 11.7. The van der Waals surface area contributed by atoms with Crippen molar-refractivity contribution >= 4 is 11.6 Å². The molecule has 0 aromatic heterocycles. The summed E-state index contributed by atoms with van der Waals surface area (Å²) in [4.78, 5) is 0. The van der Waals surface area contributed by atoms with Crippen molar-refractivity contribution < 1.29 is 17.9 Å². The van der Waals surface area contributed by atoms with Crippen molar-refractivity contribution in [1.29, 1.82) is 0 Å². The van der Waals surface area contributed by atoms with Crippen molar-refractivity contribution in [1.82, 2.24) is 5.32 Å². The zero-order chi connectivity index (χ0) is 14.6. The molecule has 0 aliphatic carbocycles. The molecule has 0 spiro atoms. The van der Waals surface area contributed by atoms with Crippen molar-refractivity contribution in [2.45, 2.75) is 31.1 Å². The third kappa shape index (κ3) is 3.87. The van der Waals surface area contributed by atoms with Gasteiger partial charge in [0.15, 0.2) is 0 Å². The van der Waals surface area contributed by atoms with Gasteiger partial charge in [0.05, 0.1) is 5.56 Å². The van der Waals surface area contributed by atoms with E-state index in [0.717, 1.165) is 30.5 Å². The van der Waals surface area contributed by atoms with Crippen LogP contribution in [0.3, 0.4) is 0 Å². The van der Waals surface area contributed by atoms with Gasteiger partial charge in [-0.25, -0.2) is 0 Å². The molecule has 1 aliphatic heterocycles. The van der Waals surface area contributed by atoms with E-state index in [4.69, 9.17) is 16.3 Å². The van der Waals surface area contributed by atoms with Crippen LogP contribution >= 0.6 is 11.6 Å². The Bertz CT molecular complexity index is 427. The van der Waals surface area contributed by atoms with E-state index in [1.807, 2.05) is 0 Å². The number of nitrogens with one attached hydrogen (secondary N) is 1. The summed E-state index contributed by atoms with van der Waals surface area (Å²) in [5.41, 5.74) is 0.0102. The number of benzene rings is 1. The maximum atomic E-state index is 12.5. The summed E-state index contributed by atoms with van der Waals surface area (Å²) >= 11 is 6.02. The molecule has 0 unspecified atom stereocenters. The summed E-state index contributed by atoms with van der Waals surface area (Å²) in [5, 5.41) is 3.37. The Morgan fingerprint density at radius 1 is 1.15 bits per heavy atom. The first-order valence-electron chi connectivity index (χ1n) is 6.50. The standard InChI is InChI=1S/C14H17ClF3NO/c15-10-13(5-7-20-8-6-13)19-9-11-1-3-12(4-2-11)14(16,17)18/h1-4,19H,5-10H2. The van der Waals surface area contributed by atoms with Crippen molar-refractivity contribution in [2.24, 2.45) is 0 Å². The zero-order valence-electron chi connectivity index (χ0n) is 11.0. The summed E-state index contributed by atoms with van der Waals surface area (Å²) < 4.78 is 42.7. The van der Waals surface area contributed by atoms with Gasteiger partial charge in [0.1, 0.15) is 0 Å². The van der Waals surface area contributed by atoms with E-state index in [0.29, 0.717) is 25.6 Å². The SMILES string of the molecule is FC(F)(F)c1ccc(CNC2(CCl)CCOCC2)cc1. The van der Waals surface area contributed by atoms with E-state index in [1.165, 1.54) is 12.1 Å². The van der Waals surface area contributed by atoms with Gasteiger partial charge in [-0.2, -0.15) is 13.2 Å². The normalized spacial score (nSPS) is 19.0. The Hall–Kier alpha value is -0.780. The van der Waals surface area contributed by atoms with Gasteiger partial charge in [0.2, 0.25) is 0 Å². The monoisotopic (exact) mass is 307 g/mol. The summed E-state index contributed by atoms with van der Waals surface area (Å²) in [6.07, 6.45) is -2.65. The van der Waals surface area contributed by atoms with Crippen LogP contribution in [0.15, 0.2) is 24.3 Å². The Kier molecular flexibility index (Phi) is 4.94. The minimum Gasteiger partial charge on any atom is -0.381 e. The molecule has 1 aromatic carbocycles. The molecule has 1 aliphatic rings. The maximum Gasteiger partial charge on any atom is 0.416 e. The first-order chi connectivity index (χ1) is 9.45. The van der Waals surface area contributed by atoms with Crippen molar-refractivity contribution in [3.8, 4) is 0 Å². The van der Waals surface area contributed by atoms with E-state index in [-0.39, 0.29) is 5.54 Å². The molecule has 0 amide bonds. The average Bonchev–Trinajstić information content (AvgIpc) is 2.46. The Morgan fingerprint density at radius 2 is 1.75 bits per heavy atom. The number of hydrogen-bond donors (Lipinski definition) is 1. The number of halogens is 4. The van der Waals surface area contributed by atoms with Crippen LogP contribution < -0.4 is 5.32 Å². The van der Waals surface area contributed by atoms with Gasteiger partial charge in [-0.1, -0.05) is 12.1 Å². The predicted octanol–water partition coefficient (Wildman–Crippen LogP) is 3.58. The molecular formula is C14H17ClF3NO. The Labute approximate surface area is 121 Å². The molecule has 1 saturated heterocycles. The Morgan fingerprint density at radius 3 is 2.25 bits per heavy atom. The smallest absolute Gasteiger partial charge is 0.381 e. The molecule has 0 radical (unpaired) electrons. The van der Waals surface area contributed by atoms with E-state index in [1.54, 1.807) is 0 Å². The van der Waals surface area contributed by atoms with Gasteiger partial charge in [-0.3, -0.25) is 0 Å². The van der Waals surface area contributed by atoms with Crippen LogP contribution in [0.2, 0.25) is 0 Å². The quantitative estimate of drug-likeness (QED) is 0.859. The first-order valence-corrected chi connectivity index (χ1v) is 7.04. The minimum absolute atomic E-state index is 0.178. The third-order valence-electron chi connectivity index (χ3n) is 3.65. The minimum atomic E-state index is -4.29. The molecule has 20 heavy (non-hydrogen) atoms. The fourth-order valence-corrected chi connectivity index (χ4v) is 2.58. The molecule has 1 aromatic rings. The number of hydrogen-bond acceptors (Lipinski definition) is 2. The lowest BCUT2D eigenvalue weighted by atomic mass is 9.92. The van der Waals surface area contributed by atoms with Gasteiger partial charge in [0.25, 0.3) is 0 Å². The highest BCUT2D eigenvalue weighted by molar-refractivity contribution is 6.18. The molecule has 0 saturated carbocycles. The first kappa shape index (κ1) is 15.6. The highest BCUT2D eigenvalue weighted by Crippen LogP contribution is 2.29. The van der Waals surface area contributed by atoms with E-state index >= 15 is 0 Å². The van der Waals surface area contributed by atoms with Crippen LogP contribution in [-0.2, 0) is 17.5 Å². The van der Waals surface area contributed by atoms with E-state index < -0.39 is 11.7 Å². The van der Waals surface area contributed by atoms with Crippen LogP contribution in [0.5, 0.6) is 0 Å². The molecule has 1 fully saturated rings. The molecule has 112 valence electrons. The Balaban J connectivity index is 1.96. The summed E-state index contributed by atoms with van der Waals surface area (Å²) in [5.74, 6) is 0.469. The molecule has 2 nitrogen and oxygen atoms in total. The molecular weight excluding hydrogens is 291 g/mol. The fraction of sp³-hybridized carbons (Fsp3) is 0.571. The maximum absolute atomic E-state index is 12.5. The third-order valence-corrected chi connectivity index (χ3v) is 4.17. The lowest BCUT2D eigenvalue weighted by Crippen LogP contribution is -2.50. The van der Waals surface area contributed by atoms with Gasteiger partial charge in [0, 0.05) is 31.2 Å². The van der Waals surface area contributed by atoms with Crippen molar-refractivity contribution in [3.63, 3.8) is 0 Å². The second kappa shape index (κ2) is 6.33. The highest BCUT2D eigenvalue weighted by Gasteiger charge is 2.32. The van der Waals surface area contributed by atoms with Crippen molar-refractivity contribution in [2.75, 3.05) is 19.1 Å². The second-order valence-corrected chi connectivity index (χ2v) is 5.34. The van der Waals surface area contributed by atoms with E-state index in [9.17, 15) is 13.2 Å². The molecule has 6 heteroatoms. The van der Waals surface area contributed by atoms with Crippen LogP contribution in [0.25, 0.3) is 0 Å². The van der Waals surface area contributed by atoms with Crippen LogP contribution in [-0.4, -0.2) is 24.6 Å². The number of ether oxygens (including phenoxy) is 1. The van der Waals surface area contributed by atoms with Gasteiger partial charge in [-0.15, -0.1) is 11.6 Å².